The first kappa shape index (κ1) is 13.6. The highest BCUT2D eigenvalue weighted by molar-refractivity contribution is 5.40. The minimum absolute atomic E-state index is 0.0433. The second-order valence-electron chi connectivity index (χ2n) is 4.73. The van der Waals surface area contributed by atoms with Crippen LogP contribution in [0.3, 0.4) is 0 Å². The third kappa shape index (κ3) is 3.36. The van der Waals surface area contributed by atoms with E-state index in [0.29, 0.717) is 12.5 Å². The quantitative estimate of drug-likeness (QED) is 0.887. The molecule has 100 valence electrons. The third-order valence-electron chi connectivity index (χ3n) is 3.35. The molecule has 0 aliphatic heterocycles. The van der Waals surface area contributed by atoms with E-state index in [4.69, 9.17) is 9.84 Å². The normalized spacial score (nSPS) is 12.2. The maximum Gasteiger partial charge on any atom is 0.122 e. The predicted molar refractivity (Wildman–Crippen MR) is 77.7 cm³/mol. The lowest BCUT2D eigenvalue weighted by molar-refractivity contribution is 0.200. The molecule has 1 unspecified atom stereocenters. The van der Waals surface area contributed by atoms with Crippen LogP contribution in [0.25, 0.3) is 0 Å². The molecule has 0 radical (unpaired) electrons. The highest BCUT2D eigenvalue weighted by atomic mass is 16.5. The van der Waals surface area contributed by atoms with Crippen LogP contribution in [-0.2, 0) is 0 Å². The van der Waals surface area contributed by atoms with Gasteiger partial charge in [-0.15, -0.1) is 0 Å². The molecule has 0 spiro atoms. The molecule has 0 amide bonds. The van der Waals surface area contributed by atoms with Crippen molar-refractivity contribution in [2.24, 2.45) is 0 Å². The fraction of sp³-hybridized carbons (Fsp3) is 0.294. The Balaban J connectivity index is 2.20. The Hall–Kier alpha value is -1.80. The van der Waals surface area contributed by atoms with Crippen molar-refractivity contribution in [2.45, 2.75) is 19.8 Å². The number of hydrogen-bond donors (Lipinski definition) is 1. The maximum atomic E-state index is 8.78. The average Bonchev–Trinajstić information content (AvgIpc) is 2.46. The summed E-state index contributed by atoms with van der Waals surface area (Å²) < 4.78 is 5.48. The van der Waals surface area contributed by atoms with E-state index in [2.05, 4.69) is 43.3 Å². The van der Waals surface area contributed by atoms with Gasteiger partial charge in [-0.1, -0.05) is 49.4 Å². The highest BCUT2D eigenvalue weighted by Crippen LogP contribution is 2.28. The summed E-state index contributed by atoms with van der Waals surface area (Å²) in [7, 11) is 0. The van der Waals surface area contributed by atoms with Crippen LogP contribution in [0, 0.1) is 6.92 Å². The van der Waals surface area contributed by atoms with Gasteiger partial charge in [0.15, 0.2) is 0 Å². The van der Waals surface area contributed by atoms with E-state index in [0.717, 1.165) is 11.3 Å². The van der Waals surface area contributed by atoms with Crippen molar-refractivity contribution < 1.29 is 9.84 Å². The van der Waals surface area contributed by atoms with Crippen LogP contribution in [0.15, 0.2) is 48.5 Å². The summed E-state index contributed by atoms with van der Waals surface area (Å²) in [5.74, 6) is 1.21. The molecule has 2 heteroatoms. The molecule has 2 aromatic rings. The Morgan fingerprint density at radius 1 is 1.05 bits per heavy atom. The topological polar surface area (TPSA) is 29.5 Å². The minimum atomic E-state index is 0.0433. The molecule has 0 aliphatic carbocycles. The van der Waals surface area contributed by atoms with Gasteiger partial charge < -0.3 is 9.84 Å². The zero-order valence-electron chi connectivity index (χ0n) is 11.5. The van der Waals surface area contributed by atoms with Gasteiger partial charge in [0.1, 0.15) is 12.4 Å². The second kappa shape index (κ2) is 6.39. The number of benzene rings is 2. The molecule has 2 rings (SSSR count). The number of hydrogen-bond acceptors (Lipinski definition) is 2. The molecule has 0 bridgehead atoms. The van der Waals surface area contributed by atoms with E-state index in [-0.39, 0.29) is 6.61 Å². The van der Waals surface area contributed by atoms with Crippen molar-refractivity contribution in [3.8, 4) is 5.75 Å². The van der Waals surface area contributed by atoms with Gasteiger partial charge in [0.2, 0.25) is 0 Å². The maximum absolute atomic E-state index is 8.78. The van der Waals surface area contributed by atoms with Crippen molar-refractivity contribution >= 4 is 0 Å². The van der Waals surface area contributed by atoms with Crippen LogP contribution in [-0.4, -0.2) is 18.3 Å². The molecular formula is C17H20O2. The van der Waals surface area contributed by atoms with E-state index in [1.54, 1.807) is 0 Å². The smallest absolute Gasteiger partial charge is 0.122 e. The molecule has 1 atom stereocenters. The van der Waals surface area contributed by atoms with Gasteiger partial charge in [-0.2, -0.15) is 0 Å². The number of aliphatic hydroxyl groups is 1. The van der Waals surface area contributed by atoms with Crippen LogP contribution in [0.1, 0.15) is 29.5 Å². The molecule has 0 aliphatic rings. The minimum Gasteiger partial charge on any atom is -0.491 e. The van der Waals surface area contributed by atoms with Crippen LogP contribution in [0.5, 0.6) is 5.75 Å². The monoisotopic (exact) mass is 256 g/mol. The van der Waals surface area contributed by atoms with Crippen LogP contribution in [0.4, 0.5) is 0 Å². The Morgan fingerprint density at radius 2 is 1.79 bits per heavy atom. The highest BCUT2D eigenvalue weighted by Gasteiger charge is 2.09. The number of aryl methyl sites for hydroxylation is 1. The summed E-state index contributed by atoms with van der Waals surface area (Å²) in [5, 5.41) is 8.78. The van der Waals surface area contributed by atoms with Gasteiger partial charge in [-0.05, 0) is 29.7 Å². The van der Waals surface area contributed by atoms with E-state index in [1.807, 2.05) is 19.1 Å². The first-order chi connectivity index (χ1) is 9.22. The van der Waals surface area contributed by atoms with Gasteiger partial charge in [-0.3, -0.25) is 0 Å². The summed E-state index contributed by atoms with van der Waals surface area (Å²) in [6.45, 7) is 4.63. The SMILES string of the molecule is Cc1cc(C(C)c2ccccc2)ccc1OCCO. The van der Waals surface area contributed by atoms with Crippen molar-refractivity contribution in [3.63, 3.8) is 0 Å². The van der Waals surface area contributed by atoms with Gasteiger partial charge in [0.05, 0.1) is 6.61 Å². The molecule has 19 heavy (non-hydrogen) atoms. The lowest BCUT2D eigenvalue weighted by atomic mass is 9.92. The Kier molecular flexibility index (Phi) is 4.58. The molecule has 0 saturated carbocycles. The Bertz CT molecular complexity index is 520. The van der Waals surface area contributed by atoms with Crippen LogP contribution < -0.4 is 4.74 Å². The number of rotatable bonds is 5. The van der Waals surface area contributed by atoms with Crippen molar-refractivity contribution in [3.05, 3.63) is 65.2 Å². The lowest BCUT2D eigenvalue weighted by Gasteiger charge is -2.15. The van der Waals surface area contributed by atoms with Gasteiger partial charge in [-0.25, -0.2) is 0 Å². The first-order valence-corrected chi connectivity index (χ1v) is 6.61. The number of ether oxygens (including phenoxy) is 1. The third-order valence-corrected chi connectivity index (χ3v) is 3.35. The summed E-state index contributed by atoms with van der Waals surface area (Å²) in [5.41, 5.74) is 3.69. The Morgan fingerprint density at radius 3 is 2.42 bits per heavy atom. The van der Waals surface area contributed by atoms with Crippen molar-refractivity contribution in [1.29, 1.82) is 0 Å². The second-order valence-corrected chi connectivity index (χ2v) is 4.73. The lowest BCUT2D eigenvalue weighted by Crippen LogP contribution is -2.03. The number of aliphatic hydroxyl groups excluding tert-OH is 1. The van der Waals surface area contributed by atoms with E-state index >= 15 is 0 Å². The molecule has 0 fully saturated rings. The van der Waals surface area contributed by atoms with Crippen LogP contribution >= 0.6 is 0 Å². The van der Waals surface area contributed by atoms with Crippen molar-refractivity contribution in [1.82, 2.24) is 0 Å². The molecule has 0 aromatic heterocycles. The largest absolute Gasteiger partial charge is 0.491 e. The molecule has 2 aromatic carbocycles. The zero-order valence-corrected chi connectivity index (χ0v) is 11.5. The van der Waals surface area contributed by atoms with E-state index < -0.39 is 0 Å². The average molecular weight is 256 g/mol. The first-order valence-electron chi connectivity index (χ1n) is 6.61. The molecule has 2 nitrogen and oxygen atoms in total. The summed E-state index contributed by atoms with van der Waals surface area (Å²) in [6, 6.07) is 16.7. The standard InChI is InChI=1S/C17H20O2/c1-13-12-16(8-9-17(13)19-11-10-18)14(2)15-6-4-3-5-7-15/h3-9,12,14,18H,10-11H2,1-2H3. The van der Waals surface area contributed by atoms with E-state index in [9.17, 15) is 0 Å². The molecule has 0 saturated heterocycles. The Labute approximate surface area is 114 Å². The molecule has 1 N–H and O–H groups in total. The molecular weight excluding hydrogens is 236 g/mol. The fourth-order valence-electron chi connectivity index (χ4n) is 2.19. The zero-order chi connectivity index (χ0) is 13.7. The van der Waals surface area contributed by atoms with Crippen molar-refractivity contribution in [2.75, 3.05) is 13.2 Å². The fourth-order valence-corrected chi connectivity index (χ4v) is 2.19. The predicted octanol–water partition coefficient (Wildman–Crippen LogP) is 3.52. The summed E-state index contributed by atoms with van der Waals surface area (Å²) in [6.07, 6.45) is 0. The van der Waals surface area contributed by atoms with E-state index in [1.165, 1.54) is 11.1 Å². The molecule has 0 heterocycles. The summed E-state index contributed by atoms with van der Waals surface area (Å²) >= 11 is 0. The van der Waals surface area contributed by atoms with Gasteiger partial charge in [0, 0.05) is 5.92 Å². The van der Waals surface area contributed by atoms with Gasteiger partial charge in [0.25, 0.3) is 0 Å². The van der Waals surface area contributed by atoms with Gasteiger partial charge >= 0.3 is 0 Å². The summed E-state index contributed by atoms with van der Waals surface area (Å²) in [4.78, 5) is 0. The van der Waals surface area contributed by atoms with Crippen LogP contribution in [0.2, 0.25) is 0 Å².